The van der Waals surface area contributed by atoms with Crippen LogP contribution in [0.2, 0.25) is 0 Å². The second kappa shape index (κ2) is 3.99. The molecule has 2 amide bonds. The van der Waals surface area contributed by atoms with Gasteiger partial charge in [-0.15, -0.1) is 0 Å². The molecule has 0 aromatic heterocycles. The van der Waals surface area contributed by atoms with Crippen LogP contribution in [0.1, 0.15) is 49.3 Å². The van der Waals surface area contributed by atoms with Gasteiger partial charge in [-0.3, -0.25) is 14.5 Å². The monoisotopic (exact) mass is 232 g/mol. The van der Waals surface area contributed by atoms with Crippen LogP contribution in [0.5, 0.6) is 0 Å². The summed E-state index contributed by atoms with van der Waals surface area (Å²) >= 11 is 0. The Kier molecular flexibility index (Phi) is 2.46. The van der Waals surface area contributed by atoms with Crippen molar-refractivity contribution in [3.63, 3.8) is 0 Å². The first-order chi connectivity index (χ1) is 8.32. The van der Waals surface area contributed by atoms with Gasteiger partial charge in [0, 0.05) is 7.92 Å². The van der Waals surface area contributed by atoms with Crippen molar-refractivity contribution in [2.75, 3.05) is 6.54 Å². The number of carbonyl (C=O) groups excluding carboxylic acids is 2. The van der Waals surface area contributed by atoms with E-state index in [4.69, 9.17) is 1.37 Å². The van der Waals surface area contributed by atoms with Crippen molar-refractivity contribution in [3.05, 3.63) is 35.4 Å². The fourth-order valence-corrected chi connectivity index (χ4v) is 1.77. The highest BCUT2D eigenvalue weighted by atomic mass is 16.2. The maximum atomic E-state index is 12.1. The Bertz CT molecular complexity index is 470. The van der Waals surface area contributed by atoms with Crippen LogP contribution in [0, 0.1) is 5.41 Å². The van der Waals surface area contributed by atoms with Gasteiger partial charge in [0.15, 0.2) is 0 Å². The average molecular weight is 232 g/mol. The zero-order valence-corrected chi connectivity index (χ0v) is 10.4. The van der Waals surface area contributed by atoms with Crippen molar-refractivity contribution in [1.29, 1.82) is 0 Å². The molecule has 90 valence electrons. The lowest BCUT2D eigenvalue weighted by Gasteiger charge is -2.21. The van der Waals surface area contributed by atoms with E-state index in [2.05, 4.69) is 0 Å². The van der Waals surface area contributed by atoms with Crippen LogP contribution in [0.15, 0.2) is 24.3 Å². The molecule has 3 heteroatoms. The van der Waals surface area contributed by atoms with E-state index in [9.17, 15) is 9.59 Å². The van der Waals surface area contributed by atoms with Gasteiger partial charge in [-0.05, 0) is 23.9 Å². The number of hydrogen-bond donors (Lipinski definition) is 0. The summed E-state index contributed by atoms with van der Waals surface area (Å²) < 4.78 is 8.03. The quantitative estimate of drug-likeness (QED) is 0.735. The Balaban J connectivity index is 2.24. The fourth-order valence-electron chi connectivity index (χ4n) is 1.77. The first-order valence-electron chi connectivity index (χ1n) is 6.27. The minimum atomic E-state index is -0.486. The number of carbonyl (C=O) groups is 2. The van der Waals surface area contributed by atoms with Crippen molar-refractivity contribution in [2.24, 2.45) is 5.41 Å². The molecule has 0 aliphatic carbocycles. The third kappa shape index (κ3) is 2.23. The van der Waals surface area contributed by atoms with E-state index in [1.807, 2.05) is 20.8 Å². The molecule has 0 radical (unpaired) electrons. The van der Waals surface area contributed by atoms with Crippen LogP contribution < -0.4 is 0 Å². The molecule has 0 saturated carbocycles. The Morgan fingerprint density at radius 3 is 2.00 bits per heavy atom. The topological polar surface area (TPSA) is 37.4 Å². The lowest BCUT2D eigenvalue weighted by Crippen LogP contribution is -2.32. The van der Waals surface area contributed by atoms with Gasteiger partial charge in [-0.1, -0.05) is 32.9 Å². The van der Waals surface area contributed by atoms with Crippen molar-refractivity contribution in [3.8, 4) is 0 Å². The number of amides is 2. The number of hydrogen-bond acceptors (Lipinski definition) is 2. The van der Waals surface area contributed by atoms with Crippen LogP contribution in [0.3, 0.4) is 0 Å². The Hall–Kier alpha value is -1.64. The summed E-state index contributed by atoms with van der Waals surface area (Å²) in [4.78, 5) is 25.4. The number of fused-ring (bicyclic) bond motifs is 1. The van der Waals surface area contributed by atoms with E-state index in [1.54, 1.807) is 24.3 Å². The molecule has 1 aliphatic rings. The lowest BCUT2D eigenvalue weighted by molar-refractivity contribution is 0.0639. The van der Waals surface area contributed by atoms with Crippen LogP contribution in [-0.4, -0.2) is 23.3 Å². The van der Waals surface area contributed by atoms with E-state index in [0.717, 1.165) is 0 Å². The average Bonchev–Trinajstić information content (AvgIpc) is 2.54. The summed E-state index contributed by atoms with van der Waals surface area (Å²) in [5.41, 5.74) is 0.641. The first kappa shape index (κ1) is 10.5. The van der Waals surface area contributed by atoms with Crippen LogP contribution in [0.4, 0.5) is 0 Å². The maximum Gasteiger partial charge on any atom is 0.261 e. The molecule has 3 nitrogen and oxygen atoms in total. The van der Waals surface area contributed by atoms with Gasteiger partial charge in [0.2, 0.25) is 0 Å². The maximum absolute atomic E-state index is 12.1. The van der Waals surface area contributed by atoms with E-state index >= 15 is 0 Å². The summed E-state index contributed by atoms with van der Waals surface area (Å²) in [5, 5.41) is 0. The normalized spacial score (nSPS) is 18.1. The van der Waals surface area contributed by atoms with Gasteiger partial charge < -0.3 is 0 Å². The number of benzene rings is 1. The number of nitrogens with zero attached hydrogens (tertiary/aromatic N) is 1. The third-order valence-electron chi connectivity index (χ3n) is 2.76. The van der Waals surface area contributed by atoms with Crippen LogP contribution in [-0.2, 0) is 0 Å². The molecule has 0 fully saturated rings. The molecular weight excluding hydrogens is 214 g/mol. The summed E-state index contributed by atoms with van der Waals surface area (Å²) in [6, 6.07) is 6.81. The molecule has 1 unspecified atom stereocenters. The van der Waals surface area contributed by atoms with Gasteiger partial charge in [0.1, 0.15) is 0 Å². The molecule has 0 bridgehead atoms. The van der Waals surface area contributed by atoms with E-state index in [1.165, 1.54) is 4.90 Å². The molecule has 1 aliphatic heterocycles. The molecule has 0 saturated heterocycles. The zero-order chi connectivity index (χ0) is 13.5. The predicted octanol–water partition coefficient (Wildman–Crippen LogP) is 2.72. The minimum absolute atomic E-state index is 0.149. The number of imide groups is 1. The Morgan fingerprint density at radius 2 is 1.59 bits per heavy atom. The van der Waals surface area contributed by atoms with Gasteiger partial charge >= 0.3 is 0 Å². The highest BCUT2D eigenvalue weighted by molar-refractivity contribution is 6.21. The van der Waals surface area contributed by atoms with E-state index in [0.29, 0.717) is 11.1 Å². The van der Waals surface area contributed by atoms with E-state index in [-0.39, 0.29) is 23.8 Å². The first-order valence-corrected chi connectivity index (χ1v) is 5.70. The Labute approximate surface area is 103 Å². The Morgan fingerprint density at radius 1 is 1.12 bits per heavy atom. The summed E-state index contributed by atoms with van der Waals surface area (Å²) in [6.45, 7) is 5.95. The molecule has 1 atom stereocenters. The second-order valence-electron chi connectivity index (χ2n) is 5.34. The van der Waals surface area contributed by atoms with Crippen molar-refractivity contribution >= 4 is 11.8 Å². The molecular formula is C14H17NO2. The lowest BCUT2D eigenvalue weighted by atomic mass is 9.92. The SMILES string of the molecule is [2H]C(CN1C(=O)c2ccccc2C1=O)C(C)(C)C. The molecule has 2 rings (SSSR count). The molecule has 0 N–H and O–H groups in total. The molecule has 0 spiro atoms. The molecule has 17 heavy (non-hydrogen) atoms. The number of rotatable bonds is 2. The van der Waals surface area contributed by atoms with Gasteiger partial charge in [0.25, 0.3) is 11.8 Å². The third-order valence-corrected chi connectivity index (χ3v) is 2.76. The summed E-state index contributed by atoms with van der Waals surface area (Å²) in [7, 11) is 0. The van der Waals surface area contributed by atoms with E-state index < -0.39 is 6.40 Å². The van der Waals surface area contributed by atoms with Gasteiger partial charge in [0.05, 0.1) is 11.1 Å². The van der Waals surface area contributed by atoms with Gasteiger partial charge in [-0.2, -0.15) is 0 Å². The largest absolute Gasteiger partial charge is 0.274 e. The van der Waals surface area contributed by atoms with Crippen molar-refractivity contribution in [1.82, 2.24) is 4.90 Å². The predicted molar refractivity (Wildman–Crippen MR) is 65.9 cm³/mol. The molecule has 1 aromatic rings. The minimum Gasteiger partial charge on any atom is -0.274 e. The smallest absolute Gasteiger partial charge is 0.261 e. The highest BCUT2D eigenvalue weighted by Crippen LogP contribution is 2.25. The van der Waals surface area contributed by atoms with Gasteiger partial charge in [-0.25, -0.2) is 0 Å². The highest BCUT2D eigenvalue weighted by Gasteiger charge is 2.35. The van der Waals surface area contributed by atoms with Crippen LogP contribution in [0.25, 0.3) is 0 Å². The fraction of sp³-hybridized carbons (Fsp3) is 0.429. The van der Waals surface area contributed by atoms with Crippen molar-refractivity contribution < 1.29 is 11.0 Å². The second-order valence-corrected chi connectivity index (χ2v) is 5.34. The van der Waals surface area contributed by atoms with Crippen LogP contribution >= 0.6 is 0 Å². The zero-order valence-electron chi connectivity index (χ0n) is 11.4. The summed E-state index contributed by atoms with van der Waals surface area (Å²) in [6.07, 6.45) is -0.486. The molecule has 1 heterocycles. The standard InChI is InChI=1S/C14H17NO2/c1-14(2,3)8-9-15-12(16)10-6-4-5-7-11(10)13(15)17/h4-7H,8-9H2,1-3H3/i8D. The van der Waals surface area contributed by atoms with Crippen molar-refractivity contribution in [2.45, 2.75) is 27.2 Å². The molecule has 1 aromatic carbocycles. The summed E-state index contributed by atoms with van der Waals surface area (Å²) in [5.74, 6) is -0.561.